The van der Waals surface area contributed by atoms with Crippen LogP contribution in [0, 0.1) is 0 Å². The number of pyridine rings is 1. The highest BCUT2D eigenvalue weighted by molar-refractivity contribution is 6.33. The highest BCUT2D eigenvalue weighted by atomic mass is 35.5. The van der Waals surface area contributed by atoms with E-state index in [1.165, 1.54) is 13.2 Å². The summed E-state index contributed by atoms with van der Waals surface area (Å²) in [6.45, 7) is -2.31. The molecule has 0 saturated heterocycles. The van der Waals surface area contributed by atoms with Crippen molar-refractivity contribution in [2.24, 2.45) is 0 Å². The SMILES string of the molecule is CN(c1ccccc1CCNC(=O)Nc1ncccc1Cl)C(F)F. The Morgan fingerprint density at radius 3 is 2.75 bits per heavy atom. The van der Waals surface area contributed by atoms with Crippen LogP contribution in [0.15, 0.2) is 42.6 Å². The topological polar surface area (TPSA) is 57.3 Å². The van der Waals surface area contributed by atoms with Crippen LogP contribution in [-0.4, -0.2) is 31.2 Å². The zero-order chi connectivity index (χ0) is 17.5. The van der Waals surface area contributed by atoms with Crippen molar-refractivity contribution in [2.75, 3.05) is 23.8 Å². The Morgan fingerprint density at radius 1 is 1.29 bits per heavy atom. The van der Waals surface area contributed by atoms with Crippen molar-refractivity contribution in [3.05, 3.63) is 53.2 Å². The summed E-state index contributed by atoms with van der Waals surface area (Å²) in [5.41, 5.74) is 1.15. The maximum Gasteiger partial charge on any atom is 0.320 e. The minimum Gasteiger partial charge on any atom is -0.337 e. The third kappa shape index (κ3) is 4.79. The molecule has 0 aliphatic rings. The second kappa shape index (κ2) is 8.44. The summed E-state index contributed by atoms with van der Waals surface area (Å²) >= 11 is 5.90. The molecule has 128 valence electrons. The second-order valence-corrected chi connectivity index (χ2v) is 5.39. The van der Waals surface area contributed by atoms with Crippen LogP contribution >= 0.6 is 11.6 Å². The third-order valence-electron chi connectivity index (χ3n) is 3.33. The quantitative estimate of drug-likeness (QED) is 0.777. The van der Waals surface area contributed by atoms with Gasteiger partial charge in [-0.1, -0.05) is 29.8 Å². The number of urea groups is 1. The van der Waals surface area contributed by atoms with Crippen molar-refractivity contribution in [1.82, 2.24) is 10.3 Å². The van der Waals surface area contributed by atoms with Gasteiger partial charge in [0, 0.05) is 25.5 Å². The molecule has 2 rings (SSSR count). The molecule has 0 spiro atoms. The fraction of sp³-hybridized carbons (Fsp3) is 0.250. The maximum atomic E-state index is 12.9. The lowest BCUT2D eigenvalue weighted by Gasteiger charge is -2.21. The smallest absolute Gasteiger partial charge is 0.320 e. The molecule has 8 heteroatoms. The number of halogens is 3. The summed E-state index contributed by atoms with van der Waals surface area (Å²) in [5, 5.41) is 5.51. The molecule has 1 aromatic heterocycles. The first-order valence-corrected chi connectivity index (χ1v) is 7.61. The number of anilines is 2. The van der Waals surface area contributed by atoms with Gasteiger partial charge < -0.3 is 10.2 Å². The number of aromatic nitrogens is 1. The highest BCUT2D eigenvalue weighted by Crippen LogP contribution is 2.22. The number of nitrogens with zero attached hydrogens (tertiary/aromatic N) is 2. The molecule has 0 saturated carbocycles. The molecule has 2 amide bonds. The van der Waals surface area contributed by atoms with Gasteiger partial charge in [-0.25, -0.2) is 9.78 Å². The average molecular weight is 355 g/mol. The van der Waals surface area contributed by atoms with E-state index >= 15 is 0 Å². The molecule has 1 heterocycles. The molecule has 2 aromatic rings. The number of amides is 2. The molecular formula is C16H17ClF2N4O. The second-order valence-electron chi connectivity index (χ2n) is 4.98. The van der Waals surface area contributed by atoms with E-state index in [1.54, 1.807) is 36.4 Å². The van der Waals surface area contributed by atoms with Gasteiger partial charge in [-0.05, 0) is 30.2 Å². The summed E-state index contributed by atoms with van der Waals surface area (Å²) in [5.74, 6) is 0.259. The fourth-order valence-electron chi connectivity index (χ4n) is 2.11. The molecule has 1 aromatic carbocycles. The largest absolute Gasteiger partial charge is 0.337 e. The molecule has 0 fully saturated rings. The zero-order valence-corrected chi connectivity index (χ0v) is 13.7. The van der Waals surface area contributed by atoms with Gasteiger partial charge in [0.1, 0.15) is 0 Å². The van der Waals surface area contributed by atoms with Gasteiger partial charge in [-0.3, -0.25) is 5.32 Å². The minimum atomic E-state index is -2.59. The molecule has 2 N–H and O–H groups in total. The summed E-state index contributed by atoms with van der Waals surface area (Å²) in [7, 11) is 1.33. The van der Waals surface area contributed by atoms with Crippen LogP contribution in [-0.2, 0) is 6.42 Å². The lowest BCUT2D eigenvalue weighted by atomic mass is 10.1. The van der Waals surface area contributed by atoms with Crippen LogP contribution in [0.5, 0.6) is 0 Å². The first kappa shape index (κ1) is 17.9. The van der Waals surface area contributed by atoms with E-state index < -0.39 is 12.6 Å². The van der Waals surface area contributed by atoms with E-state index in [-0.39, 0.29) is 12.4 Å². The van der Waals surface area contributed by atoms with Crippen LogP contribution < -0.4 is 15.5 Å². The summed E-state index contributed by atoms with van der Waals surface area (Å²) in [4.78, 5) is 16.7. The third-order valence-corrected chi connectivity index (χ3v) is 3.64. The molecular weight excluding hydrogens is 338 g/mol. The Balaban J connectivity index is 1.90. The summed E-state index contributed by atoms with van der Waals surface area (Å²) in [6, 6.07) is 9.64. The monoisotopic (exact) mass is 354 g/mol. The zero-order valence-electron chi connectivity index (χ0n) is 13.0. The van der Waals surface area contributed by atoms with Crippen molar-refractivity contribution < 1.29 is 13.6 Å². The molecule has 0 aliphatic carbocycles. The van der Waals surface area contributed by atoms with Crippen LogP contribution in [0.2, 0.25) is 5.02 Å². The normalized spacial score (nSPS) is 10.5. The van der Waals surface area contributed by atoms with Crippen LogP contribution in [0.3, 0.4) is 0 Å². The number of carbonyl (C=O) groups excluding carboxylic acids is 1. The van der Waals surface area contributed by atoms with Gasteiger partial charge in [0.25, 0.3) is 0 Å². The van der Waals surface area contributed by atoms with Gasteiger partial charge in [0.2, 0.25) is 0 Å². The van der Waals surface area contributed by atoms with Crippen molar-refractivity contribution >= 4 is 29.1 Å². The number of hydrogen-bond donors (Lipinski definition) is 2. The van der Waals surface area contributed by atoms with Crippen molar-refractivity contribution in [3.63, 3.8) is 0 Å². The molecule has 0 atom stereocenters. The molecule has 0 radical (unpaired) electrons. The van der Waals surface area contributed by atoms with E-state index in [2.05, 4.69) is 15.6 Å². The predicted molar refractivity (Wildman–Crippen MR) is 90.8 cm³/mol. The number of hydrogen-bond acceptors (Lipinski definition) is 3. The number of carbonyl (C=O) groups is 1. The van der Waals surface area contributed by atoms with Crippen molar-refractivity contribution in [3.8, 4) is 0 Å². The van der Waals surface area contributed by atoms with Crippen LogP contribution in [0.1, 0.15) is 5.56 Å². The predicted octanol–water partition coefficient (Wildman–Crippen LogP) is 3.76. The van der Waals surface area contributed by atoms with Gasteiger partial charge >= 0.3 is 12.6 Å². The summed E-state index contributed by atoms with van der Waals surface area (Å²) in [6.07, 6.45) is 1.93. The first-order valence-electron chi connectivity index (χ1n) is 7.23. The number of alkyl halides is 2. The van der Waals surface area contributed by atoms with E-state index in [0.717, 1.165) is 10.5 Å². The van der Waals surface area contributed by atoms with Gasteiger partial charge in [-0.15, -0.1) is 0 Å². The number of rotatable bonds is 6. The average Bonchev–Trinajstić information content (AvgIpc) is 2.56. The molecule has 24 heavy (non-hydrogen) atoms. The Hall–Kier alpha value is -2.41. The standard InChI is InChI=1S/C16H17ClF2N4O/c1-23(15(18)19)13-7-3-2-5-11(13)8-10-21-16(24)22-14-12(17)6-4-9-20-14/h2-7,9,15H,8,10H2,1H3,(H2,20,21,22,24). The Morgan fingerprint density at radius 2 is 2.04 bits per heavy atom. The Labute approximate surface area is 143 Å². The molecule has 0 bridgehead atoms. The fourth-order valence-corrected chi connectivity index (χ4v) is 2.28. The van der Waals surface area contributed by atoms with Crippen LogP contribution in [0.4, 0.5) is 25.1 Å². The van der Waals surface area contributed by atoms with Gasteiger partial charge in [0.05, 0.1) is 5.02 Å². The highest BCUT2D eigenvalue weighted by Gasteiger charge is 2.15. The number of para-hydroxylation sites is 1. The first-order chi connectivity index (χ1) is 11.5. The van der Waals surface area contributed by atoms with Crippen molar-refractivity contribution in [2.45, 2.75) is 13.0 Å². The number of benzene rings is 1. The molecule has 0 aliphatic heterocycles. The van der Waals surface area contributed by atoms with E-state index in [1.807, 2.05) is 0 Å². The van der Waals surface area contributed by atoms with E-state index in [9.17, 15) is 13.6 Å². The van der Waals surface area contributed by atoms with Gasteiger partial charge in [-0.2, -0.15) is 8.78 Å². The lowest BCUT2D eigenvalue weighted by Crippen LogP contribution is -2.31. The Kier molecular flexibility index (Phi) is 6.31. The lowest BCUT2D eigenvalue weighted by molar-refractivity contribution is 0.149. The molecule has 5 nitrogen and oxygen atoms in total. The number of nitrogens with one attached hydrogen (secondary N) is 2. The van der Waals surface area contributed by atoms with E-state index in [4.69, 9.17) is 11.6 Å². The van der Waals surface area contributed by atoms with Crippen molar-refractivity contribution in [1.29, 1.82) is 0 Å². The molecule has 0 unspecified atom stereocenters. The summed E-state index contributed by atoms with van der Waals surface area (Å²) < 4.78 is 25.7. The minimum absolute atomic E-state index is 0.259. The maximum absolute atomic E-state index is 12.9. The van der Waals surface area contributed by atoms with E-state index in [0.29, 0.717) is 17.1 Å². The van der Waals surface area contributed by atoms with Gasteiger partial charge in [0.15, 0.2) is 5.82 Å². The van der Waals surface area contributed by atoms with Crippen LogP contribution in [0.25, 0.3) is 0 Å². The Bertz CT molecular complexity index is 699.